The van der Waals surface area contributed by atoms with Gasteiger partial charge >= 0.3 is 0 Å². The molecule has 1 fully saturated rings. The normalized spacial score (nSPS) is 20.9. The van der Waals surface area contributed by atoms with E-state index in [0.717, 1.165) is 24.6 Å². The van der Waals surface area contributed by atoms with Crippen LogP contribution in [-0.4, -0.2) is 47.3 Å². The van der Waals surface area contributed by atoms with Crippen molar-refractivity contribution in [3.8, 4) is 0 Å². The van der Waals surface area contributed by atoms with Gasteiger partial charge in [0.15, 0.2) is 5.82 Å². The van der Waals surface area contributed by atoms with Crippen LogP contribution in [-0.2, 0) is 11.3 Å². The van der Waals surface area contributed by atoms with Crippen LogP contribution >= 0.6 is 0 Å². The van der Waals surface area contributed by atoms with E-state index in [1.54, 1.807) is 0 Å². The van der Waals surface area contributed by atoms with Crippen molar-refractivity contribution >= 4 is 11.5 Å². The Morgan fingerprint density at radius 3 is 3.00 bits per heavy atom. The maximum absolute atomic E-state index is 9.39. The van der Waals surface area contributed by atoms with Crippen molar-refractivity contribution < 1.29 is 9.84 Å². The third-order valence-electron chi connectivity index (χ3n) is 3.16. The molecule has 6 heteroatoms. The predicted molar refractivity (Wildman–Crippen MR) is 66.1 cm³/mol. The number of aryl methyl sites for hydroxylation is 2. The number of nitrogen functional groups attached to an aromatic ring is 1. The van der Waals surface area contributed by atoms with Gasteiger partial charge in [0, 0.05) is 13.1 Å². The number of nitrogens with two attached hydrogens (primary N) is 1. The molecule has 1 aliphatic rings. The lowest BCUT2D eigenvalue weighted by Crippen LogP contribution is -2.48. The topological polar surface area (TPSA) is 76.5 Å². The summed E-state index contributed by atoms with van der Waals surface area (Å²) in [5.41, 5.74) is 7.62. The molecule has 3 N–H and O–H groups in total. The van der Waals surface area contributed by atoms with Crippen molar-refractivity contribution in [2.45, 2.75) is 26.4 Å². The standard InChI is InChI=1S/C11H20N4O2/c1-3-15-11(10(12)8(2)13-15)14-4-5-17-7-9(14)6-16/h9,16H,3-7,12H2,1-2H3. The van der Waals surface area contributed by atoms with Crippen molar-refractivity contribution in [1.29, 1.82) is 0 Å². The Morgan fingerprint density at radius 2 is 2.35 bits per heavy atom. The molecule has 1 aliphatic heterocycles. The Bertz CT molecular complexity index is 391. The second-order valence-electron chi connectivity index (χ2n) is 4.24. The molecular weight excluding hydrogens is 220 g/mol. The summed E-state index contributed by atoms with van der Waals surface area (Å²) in [4.78, 5) is 2.10. The Labute approximate surface area is 101 Å². The van der Waals surface area contributed by atoms with Crippen LogP contribution in [0.5, 0.6) is 0 Å². The molecule has 2 heterocycles. The molecule has 0 bridgehead atoms. The Morgan fingerprint density at radius 1 is 1.59 bits per heavy atom. The van der Waals surface area contributed by atoms with Crippen LogP contribution in [0.15, 0.2) is 0 Å². The van der Waals surface area contributed by atoms with Gasteiger partial charge in [-0.2, -0.15) is 5.10 Å². The maximum Gasteiger partial charge on any atom is 0.151 e. The smallest absolute Gasteiger partial charge is 0.151 e. The molecule has 0 amide bonds. The predicted octanol–water partition coefficient (Wildman–Crippen LogP) is -0.00888. The molecule has 1 saturated heterocycles. The monoisotopic (exact) mass is 240 g/mol. The highest BCUT2D eigenvalue weighted by Gasteiger charge is 2.27. The van der Waals surface area contributed by atoms with Gasteiger partial charge in [0.2, 0.25) is 0 Å². The van der Waals surface area contributed by atoms with Crippen LogP contribution in [0.1, 0.15) is 12.6 Å². The minimum Gasteiger partial charge on any atom is -0.394 e. The zero-order chi connectivity index (χ0) is 12.4. The summed E-state index contributed by atoms with van der Waals surface area (Å²) in [6, 6.07) is -0.0348. The molecule has 1 aromatic heterocycles. The molecule has 1 atom stereocenters. The van der Waals surface area contributed by atoms with E-state index in [4.69, 9.17) is 10.5 Å². The van der Waals surface area contributed by atoms with Gasteiger partial charge in [0.1, 0.15) is 0 Å². The van der Waals surface area contributed by atoms with E-state index < -0.39 is 0 Å². The van der Waals surface area contributed by atoms with E-state index in [9.17, 15) is 5.11 Å². The lowest BCUT2D eigenvalue weighted by Gasteiger charge is -2.36. The first kappa shape index (κ1) is 12.2. The van der Waals surface area contributed by atoms with Crippen molar-refractivity contribution in [2.75, 3.05) is 37.0 Å². The number of aromatic nitrogens is 2. The van der Waals surface area contributed by atoms with Crippen molar-refractivity contribution in [3.63, 3.8) is 0 Å². The molecule has 17 heavy (non-hydrogen) atoms. The van der Waals surface area contributed by atoms with Crippen molar-refractivity contribution in [1.82, 2.24) is 9.78 Å². The molecule has 1 aromatic rings. The zero-order valence-corrected chi connectivity index (χ0v) is 10.4. The molecule has 0 spiro atoms. The fraction of sp³-hybridized carbons (Fsp3) is 0.727. The first-order valence-electron chi connectivity index (χ1n) is 5.97. The lowest BCUT2D eigenvalue weighted by molar-refractivity contribution is 0.0719. The van der Waals surface area contributed by atoms with E-state index in [0.29, 0.717) is 18.9 Å². The van der Waals surface area contributed by atoms with Crippen LogP contribution < -0.4 is 10.6 Å². The van der Waals surface area contributed by atoms with Gasteiger partial charge < -0.3 is 20.5 Å². The Balaban J connectivity index is 2.36. The summed E-state index contributed by atoms with van der Waals surface area (Å²) >= 11 is 0. The average Bonchev–Trinajstić information content (AvgIpc) is 2.65. The number of morpholine rings is 1. The van der Waals surface area contributed by atoms with Gasteiger partial charge in [-0.1, -0.05) is 0 Å². The summed E-state index contributed by atoms with van der Waals surface area (Å²) in [6.07, 6.45) is 0. The van der Waals surface area contributed by atoms with E-state index in [2.05, 4.69) is 10.00 Å². The molecule has 6 nitrogen and oxygen atoms in total. The van der Waals surface area contributed by atoms with Crippen LogP contribution in [0.25, 0.3) is 0 Å². The summed E-state index contributed by atoms with van der Waals surface area (Å²) < 4.78 is 7.26. The average molecular weight is 240 g/mol. The zero-order valence-electron chi connectivity index (χ0n) is 10.4. The van der Waals surface area contributed by atoms with Gasteiger partial charge in [-0.25, -0.2) is 4.68 Å². The van der Waals surface area contributed by atoms with Gasteiger partial charge in [-0.05, 0) is 13.8 Å². The summed E-state index contributed by atoms with van der Waals surface area (Å²) in [5.74, 6) is 0.910. The van der Waals surface area contributed by atoms with Crippen LogP contribution in [0, 0.1) is 6.92 Å². The second-order valence-corrected chi connectivity index (χ2v) is 4.24. The summed E-state index contributed by atoms with van der Waals surface area (Å²) in [5, 5.41) is 13.8. The van der Waals surface area contributed by atoms with Gasteiger partial charge in [0.25, 0.3) is 0 Å². The third-order valence-corrected chi connectivity index (χ3v) is 3.16. The number of anilines is 2. The first-order chi connectivity index (χ1) is 8.19. The molecule has 2 rings (SSSR count). The minimum absolute atomic E-state index is 0.0348. The Kier molecular flexibility index (Phi) is 3.54. The number of aliphatic hydroxyl groups excluding tert-OH is 1. The quantitative estimate of drug-likeness (QED) is 0.777. The molecule has 1 unspecified atom stereocenters. The molecule has 0 radical (unpaired) electrons. The molecule has 0 aliphatic carbocycles. The summed E-state index contributed by atoms with van der Waals surface area (Å²) in [6.45, 7) is 6.69. The van der Waals surface area contributed by atoms with E-state index in [-0.39, 0.29) is 12.6 Å². The van der Waals surface area contributed by atoms with E-state index in [1.165, 1.54) is 0 Å². The maximum atomic E-state index is 9.39. The number of ether oxygens (including phenoxy) is 1. The SMILES string of the molecule is CCn1nc(C)c(N)c1N1CCOCC1CO. The largest absolute Gasteiger partial charge is 0.394 e. The third kappa shape index (κ3) is 2.10. The van der Waals surface area contributed by atoms with Crippen molar-refractivity contribution in [3.05, 3.63) is 5.69 Å². The van der Waals surface area contributed by atoms with E-state index in [1.807, 2.05) is 18.5 Å². The second kappa shape index (κ2) is 4.93. The minimum atomic E-state index is -0.0348. The fourth-order valence-corrected chi connectivity index (χ4v) is 2.19. The highest BCUT2D eigenvalue weighted by molar-refractivity contribution is 5.66. The number of nitrogens with zero attached hydrogens (tertiary/aromatic N) is 3. The summed E-state index contributed by atoms with van der Waals surface area (Å²) in [7, 11) is 0. The number of hydrogen-bond donors (Lipinski definition) is 2. The highest BCUT2D eigenvalue weighted by atomic mass is 16.5. The van der Waals surface area contributed by atoms with Crippen molar-refractivity contribution in [2.24, 2.45) is 0 Å². The fourth-order valence-electron chi connectivity index (χ4n) is 2.19. The highest BCUT2D eigenvalue weighted by Crippen LogP contribution is 2.29. The first-order valence-corrected chi connectivity index (χ1v) is 5.97. The van der Waals surface area contributed by atoms with Gasteiger partial charge in [0.05, 0.1) is 37.2 Å². The Hall–Kier alpha value is -1.27. The number of rotatable bonds is 3. The molecular formula is C11H20N4O2. The van der Waals surface area contributed by atoms with Gasteiger partial charge in [-0.15, -0.1) is 0 Å². The van der Waals surface area contributed by atoms with E-state index >= 15 is 0 Å². The molecule has 0 saturated carbocycles. The van der Waals surface area contributed by atoms with Gasteiger partial charge in [-0.3, -0.25) is 0 Å². The van der Waals surface area contributed by atoms with Crippen LogP contribution in [0.2, 0.25) is 0 Å². The van der Waals surface area contributed by atoms with Crippen LogP contribution in [0.4, 0.5) is 11.5 Å². The number of aliphatic hydroxyl groups is 1. The molecule has 0 aromatic carbocycles. The lowest BCUT2D eigenvalue weighted by atomic mass is 10.2. The van der Waals surface area contributed by atoms with Crippen LogP contribution in [0.3, 0.4) is 0 Å². The number of hydrogen-bond acceptors (Lipinski definition) is 5. The molecule has 96 valence electrons.